The van der Waals surface area contributed by atoms with Crippen LogP contribution in [0.4, 0.5) is 0 Å². The van der Waals surface area contributed by atoms with Gasteiger partial charge in [-0.25, -0.2) is 0 Å². The van der Waals surface area contributed by atoms with Gasteiger partial charge < -0.3 is 5.32 Å². The van der Waals surface area contributed by atoms with Gasteiger partial charge in [0.25, 0.3) is 0 Å². The van der Waals surface area contributed by atoms with Crippen molar-refractivity contribution in [2.24, 2.45) is 11.8 Å². The van der Waals surface area contributed by atoms with Gasteiger partial charge in [0.05, 0.1) is 5.69 Å². The molecule has 1 aliphatic carbocycles. The molecule has 1 saturated carbocycles. The number of rotatable bonds is 8. The summed E-state index contributed by atoms with van der Waals surface area (Å²) in [7, 11) is 2.21. The van der Waals surface area contributed by atoms with E-state index in [1.807, 2.05) is 6.20 Å². The number of hydrogen-bond acceptors (Lipinski definition) is 3. The van der Waals surface area contributed by atoms with Crippen LogP contribution in [0.3, 0.4) is 0 Å². The first-order valence-electron chi connectivity index (χ1n) is 7.91. The van der Waals surface area contributed by atoms with E-state index >= 15 is 0 Å². The molecule has 3 nitrogen and oxygen atoms in total. The van der Waals surface area contributed by atoms with Gasteiger partial charge in [-0.15, -0.1) is 0 Å². The number of aromatic nitrogens is 1. The summed E-state index contributed by atoms with van der Waals surface area (Å²) in [5, 5.41) is 3.45. The Kier molecular flexibility index (Phi) is 5.55. The highest BCUT2D eigenvalue weighted by Gasteiger charge is 2.30. The summed E-state index contributed by atoms with van der Waals surface area (Å²) in [6.07, 6.45) is 4.82. The van der Waals surface area contributed by atoms with Crippen LogP contribution in [-0.4, -0.2) is 29.5 Å². The van der Waals surface area contributed by atoms with Gasteiger partial charge in [-0.3, -0.25) is 9.88 Å². The molecule has 20 heavy (non-hydrogen) atoms. The predicted octanol–water partition coefficient (Wildman–Crippen LogP) is 3.06. The van der Waals surface area contributed by atoms with Crippen molar-refractivity contribution in [1.29, 1.82) is 0 Å². The van der Waals surface area contributed by atoms with Crippen molar-refractivity contribution < 1.29 is 0 Å². The zero-order chi connectivity index (χ0) is 14.5. The molecule has 1 aromatic rings. The van der Waals surface area contributed by atoms with Crippen LogP contribution in [0.1, 0.15) is 44.9 Å². The third-order valence-electron chi connectivity index (χ3n) is 4.18. The Hall–Kier alpha value is -0.930. The second-order valence-electron chi connectivity index (χ2n) is 6.68. The summed E-state index contributed by atoms with van der Waals surface area (Å²) < 4.78 is 0. The summed E-state index contributed by atoms with van der Waals surface area (Å²) >= 11 is 0. The third-order valence-corrected chi connectivity index (χ3v) is 4.18. The summed E-state index contributed by atoms with van der Waals surface area (Å²) in [5.41, 5.74) is 2.44. The Balaban J connectivity index is 1.78. The molecule has 1 aromatic heterocycles. The molecule has 1 unspecified atom stereocenters. The first-order valence-corrected chi connectivity index (χ1v) is 7.91. The van der Waals surface area contributed by atoms with Gasteiger partial charge in [0.15, 0.2) is 0 Å². The van der Waals surface area contributed by atoms with Crippen LogP contribution < -0.4 is 5.32 Å². The fourth-order valence-corrected chi connectivity index (χ4v) is 2.50. The lowest BCUT2D eigenvalue weighted by Gasteiger charge is -2.24. The summed E-state index contributed by atoms with van der Waals surface area (Å²) in [4.78, 5) is 7.02. The molecule has 0 aromatic carbocycles. The average molecular weight is 275 g/mol. The molecule has 112 valence electrons. The molecule has 0 radical (unpaired) electrons. The van der Waals surface area contributed by atoms with Gasteiger partial charge in [-0.2, -0.15) is 0 Å². The lowest BCUT2D eigenvalue weighted by molar-refractivity contribution is 0.224. The Morgan fingerprint density at radius 3 is 2.60 bits per heavy atom. The van der Waals surface area contributed by atoms with E-state index in [0.717, 1.165) is 25.6 Å². The van der Waals surface area contributed by atoms with Crippen LogP contribution in [-0.2, 0) is 13.1 Å². The molecular formula is C17H29N3. The first-order chi connectivity index (χ1) is 9.56. The molecule has 0 bridgehead atoms. The second-order valence-corrected chi connectivity index (χ2v) is 6.68. The average Bonchev–Trinajstić information content (AvgIpc) is 3.24. The predicted molar refractivity (Wildman–Crippen MR) is 84.4 cm³/mol. The smallest absolute Gasteiger partial charge is 0.0544 e. The lowest BCUT2D eigenvalue weighted by Crippen LogP contribution is -2.30. The largest absolute Gasteiger partial charge is 0.312 e. The van der Waals surface area contributed by atoms with Crippen LogP contribution in [0.15, 0.2) is 18.3 Å². The third kappa shape index (κ3) is 4.88. The molecule has 0 amide bonds. The van der Waals surface area contributed by atoms with Crippen LogP contribution in [0, 0.1) is 11.8 Å². The van der Waals surface area contributed by atoms with Crippen molar-refractivity contribution >= 4 is 0 Å². The van der Waals surface area contributed by atoms with Crippen molar-refractivity contribution in [3.63, 3.8) is 0 Å². The van der Waals surface area contributed by atoms with Crippen LogP contribution >= 0.6 is 0 Å². The Bertz CT molecular complexity index is 395. The lowest BCUT2D eigenvalue weighted by atomic mass is 10.1. The van der Waals surface area contributed by atoms with Gasteiger partial charge in [0.1, 0.15) is 0 Å². The maximum Gasteiger partial charge on any atom is 0.0544 e. The normalized spacial score (nSPS) is 16.9. The van der Waals surface area contributed by atoms with Crippen molar-refractivity contribution in [2.75, 3.05) is 13.6 Å². The summed E-state index contributed by atoms with van der Waals surface area (Å²) in [6.45, 7) is 9.72. The maximum atomic E-state index is 4.60. The zero-order valence-corrected chi connectivity index (χ0v) is 13.4. The highest BCUT2D eigenvalue weighted by molar-refractivity contribution is 5.14. The topological polar surface area (TPSA) is 28.2 Å². The minimum atomic E-state index is 0.684. The van der Waals surface area contributed by atoms with Crippen molar-refractivity contribution in [1.82, 2.24) is 15.2 Å². The van der Waals surface area contributed by atoms with Crippen LogP contribution in [0.25, 0.3) is 0 Å². The zero-order valence-electron chi connectivity index (χ0n) is 13.4. The van der Waals surface area contributed by atoms with E-state index in [1.54, 1.807) is 0 Å². The van der Waals surface area contributed by atoms with E-state index in [4.69, 9.17) is 0 Å². The standard InChI is InChI=1S/C17H29N3/c1-13(2)9-18-10-15-5-8-17(19-11-15)12-20(4)14(3)16-6-7-16/h5,8,11,13-14,16,18H,6-7,9-10,12H2,1-4H3. The number of pyridine rings is 1. The van der Waals surface area contributed by atoms with E-state index < -0.39 is 0 Å². The quantitative estimate of drug-likeness (QED) is 0.790. The number of nitrogens with one attached hydrogen (secondary N) is 1. The molecule has 1 fully saturated rings. The molecule has 0 aliphatic heterocycles. The minimum absolute atomic E-state index is 0.684. The molecule has 0 spiro atoms. The second kappa shape index (κ2) is 7.19. The molecular weight excluding hydrogens is 246 g/mol. The fourth-order valence-electron chi connectivity index (χ4n) is 2.50. The Morgan fingerprint density at radius 1 is 1.30 bits per heavy atom. The van der Waals surface area contributed by atoms with E-state index in [9.17, 15) is 0 Å². The monoisotopic (exact) mass is 275 g/mol. The first kappa shape index (κ1) is 15.5. The minimum Gasteiger partial charge on any atom is -0.312 e. The molecule has 0 saturated heterocycles. The Labute approximate surface area is 123 Å². The van der Waals surface area contributed by atoms with Gasteiger partial charge in [0, 0.05) is 25.3 Å². The van der Waals surface area contributed by atoms with Crippen molar-refractivity contribution in [2.45, 2.75) is 52.7 Å². The highest BCUT2D eigenvalue weighted by atomic mass is 15.1. The molecule has 1 aliphatic rings. The van der Waals surface area contributed by atoms with E-state index in [1.165, 1.54) is 24.1 Å². The van der Waals surface area contributed by atoms with Crippen molar-refractivity contribution in [3.8, 4) is 0 Å². The van der Waals surface area contributed by atoms with Crippen LogP contribution in [0.2, 0.25) is 0 Å². The molecule has 3 heteroatoms. The summed E-state index contributed by atoms with van der Waals surface area (Å²) in [6, 6.07) is 5.05. The molecule has 1 atom stereocenters. The Morgan fingerprint density at radius 2 is 2.05 bits per heavy atom. The van der Waals surface area contributed by atoms with Gasteiger partial charge in [-0.05, 0) is 56.8 Å². The van der Waals surface area contributed by atoms with Crippen LogP contribution in [0.5, 0.6) is 0 Å². The van der Waals surface area contributed by atoms with Gasteiger partial charge in [0.2, 0.25) is 0 Å². The number of nitrogens with zero attached hydrogens (tertiary/aromatic N) is 2. The van der Waals surface area contributed by atoms with Gasteiger partial charge >= 0.3 is 0 Å². The van der Waals surface area contributed by atoms with E-state index in [0.29, 0.717) is 12.0 Å². The van der Waals surface area contributed by atoms with Crippen molar-refractivity contribution in [3.05, 3.63) is 29.6 Å². The molecule has 2 rings (SSSR count). The summed E-state index contributed by atoms with van der Waals surface area (Å²) in [5.74, 6) is 1.61. The maximum absolute atomic E-state index is 4.60. The van der Waals surface area contributed by atoms with E-state index in [2.05, 4.69) is 55.2 Å². The van der Waals surface area contributed by atoms with E-state index in [-0.39, 0.29) is 0 Å². The van der Waals surface area contributed by atoms with Gasteiger partial charge in [-0.1, -0.05) is 19.9 Å². The highest BCUT2D eigenvalue weighted by Crippen LogP contribution is 2.34. The molecule has 1 heterocycles. The number of hydrogen-bond donors (Lipinski definition) is 1. The molecule has 1 N–H and O–H groups in total. The fraction of sp³-hybridized carbons (Fsp3) is 0.706. The SMILES string of the molecule is CC(C)CNCc1ccc(CN(C)C(C)C2CC2)nc1.